The largest absolute Gasteiger partial charge is 0.376 e. The number of hydrogen-bond donors (Lipinski definition) is 1. The molecule has 1 aromatic rings. The summed E-state index contributed by atoms with van der Waals surface area (Å²) in [6.07, 6.45) is 9.10. The molecule has 0 heterocycles. The Kier molecular flexibility index (Phi) is 6.70. The second kappa shape index (κ2) is 8.24. The van der Waals surface area contributed by atoms with E-state index in [1.54, 1.807) is 13.8 Å². The van der Waals surface area contributed by atoms with E-state index >= 15 is 0 Å². The third-order valence-corrected chi connectivity index (χ3v) is 5.56. The van der Waals surface area contributed by atoms with Gasteiger partial charge in [0.05, 0.1) is 12.7 Å². The van der Waals surface area contributed by atoms with Gasteiger partial charge < -0.3 is 14.6 Å². The van der Waals surface area contributed by atoms with Gasteiger partial charge in [0.1, 0.15) is 0 Å². The van der Waals surface area contributed by atoms with Gasteiger partial charge in [-0.05, 0) is 55.0 Å². The van der Waals surface area contributed by atoms with Crippen molar-refractivity contribution in [1.82, 2.24) is 0 Å². The smallest absolute Gasteiger partial charge is 0.159 e. The van der Waals surface area contributed by atoms with Gasteiger partial charge in [-0.25, -0.2) is 0 Å². The van der Waals surface area contributed by atoms with Crippen LogP contribution in [-0.4, -0.2) is 30.7 Å². The van der Waals surface area contributed by atoms with Crippen LogP contribution in [0.1, 0.15) is 60.3 Å². The fourth-order valence-electron chi connectivity index (χ4n) is 3.85. The summed E-state index contributed by atoms with van der Waals surface area (Å²) in [5.41, 5.74) is 0.0735. The molecule has 0 fully saturated rings. The number of benzene rings is 1. The molecule has 1 aliphatic carbocycles. The van der Waals surface area contributed by atoms with Gasteiger partial charge in [0.2, 0.25) is 0 Å². The van der Waals surface area contributed by atoms with E-state index in [-0.39, 0.29) is 16.9 Å². The van der Waals surface area contributed by atoms with Crippen molar-refractivity contribution < 1.29 is 14.6 Å². The fraction of sp³-hybridized carbons (Fsp3) is 0.652. The fourth-order valence-corrected chi connectivity index (χ4v) is 3.85. The molecule has 0 bridgehead atoms. The lowest BCUT2D eigenvalue weighted by Gasteiger charge is -2.38. The predicted molar refractivity (Wildman–Crippen MR) is 108 cm³/mol. The molecular weight excluding hydrogens is 324 g/mol. The first-order valence-corrected chi connectivity index (χ1v) is 9.80. The molecule has 0 saturated heterocycles. The summed E-state index contributed by atoms with van der Waals surface area (Å²) in [5, 5.41) is 12.4. The third-order valence-electron chi connectivity index (χ3n) is 5.56. The monoisotopic (exact) mass is 360 g/mol. The topological polar surface area (TPSA) is 38.7 Å². The van der Waals surface area contributed by atoms with Crippen LogP contribution >= 0.6 is 0 Å². The molecule has 0 aromatic heterocycles. The molecule has 1 aliphatic rings. The average molecular weight is 361 g/mol. The summed E-state index contributed by atoms with van der Waals surface area (Å²) >= 11 is 0. The molecular formula is C23H36O3. The van der Waals surface area contributed by atoms with Crippen molar-refractivity contribution in [3.8, 4) is 0 Å². The van der Waals surface area contributed by atoms with Crippen molar-refractivity contribution in [1.29, 1.82) is 0 Å². The first-order chi connectivity index (χ1) is 12.1. The molecule has 2 unspecified atom stereocenters. The van der Waals surface area contributed by atoms with E-state index in [4.69, 9.17) is 9.47 Å². The van der Waals surface area contributed by atoms with Crippen molar-refractivity contribution >= 4 is 12.2 Å². The van der Waals surface area contributed by atoms with Crippen molar-refractivity contribution in [3.63, 3.8) is 0 Å². The Morgan fingerprint density at radius 3 is 2.35 bits per heavy atom. The maximum atomic E-state index is 9.80. The Bertz CT molecular complexity index is 699. The van der Waals surface area contributed by atoms with Crippen molar-refractivity contribution in [2.45, 2.75) is 72.2 Å². The third kappa shape index (κ3) is 5.42. The van der Waals surface area contributed by atoms with E-state index in [1.807, 2.05) is 7.11 Å². The van der Waals surface area contributed by atoms with Gasteiger partial charge in [0.15, 0.2) is 5.79 Å². The number of ether oxygens (including phenoxy) is 2. The molecule has 1 aromatic carbocycles. The zero-order valence-corrected chi connectivity index (χ0v) is 17.3. The van der Waals surface area contributed by atoms with Gasteiger partial charge in [-0.1, -0.05) is 57.5 Å². The van der Waals surface area contributed by atoms with Crippen LogP contribution < -0.4 is 10.4 Å². The SMILES string of the molecule is CCC1(CCCC(C)(C)COC(C)(C)O)C=c2ccccc2=CC1OC. The van der Waals surface area contributed by atoms with Crippen LogP contribution in [0.15, 0.2) is 24.3 Å². The molecule has 1 N–H and O–H groups in total. The highest BCUT2D eigenvalue weighted by atomic mass is 16.6. The standard InChI is InChI=1S/C23H36O3/c1-7-23(14-10-13-21(2,3)17-26-22(4,5)24)16-19-12-9-8-11-18(19)15-20(23)25-6/h8-9,11-12,15-16,20,24H,7,10,13-14,17H2,1-6H3. The summed E-state index contributed by atoms with van der Waals surface area (Å²) in [6.45, 7) is 10.6. The summed E-state index contributed by atoms with van der Waals surface area (Å²) < 4.78 is 11.5. The normalized spacial score (nSPS) is 23.1. The maximum Gasteiger partial charge on any atom is 0.159 e. The highest BCUT2D eigenvalue weighted by Crippen LogP contribution is 2.39. The van der Waals surface area contributed by atoms with Crippen LogP contribution in [0.4, 0.5) is 0 Å². The Labute approximate surface area is 158 Å². The zero-order chi connectivity index (χ0) is 19.4. The summed E-state index contributed by atoms with van der Waals surface area (Å²) in [7, 11) is 1.81. The van der Waals surface area contributed by atoms with Gasteiger partial charge >= 0.3 is 0 Å². The number of rotatable bonds is 9. The zero-order valence-electron chi connectivity index (χ0n) is 17.3. The molecule has 0 aliphatic heterocycles. The number of fused-ring (bicyclic) bond motifs is 1. The minimum atomic E-state index is -1.07. The molecule has 3 heteroatoms. The summed E-state index contributed by atoms with van der Waals surface area (Å²) in [5.74, 6) is -1.07. The molecule has 0 radical (unpaired) electrons. The van der Waals surface area contributed by atoms with Crippen LogP contribution in [0.2, 0.25) is 0 Å². The maximum absolute atomic E-state index is 9.80. The van der Waals surface area contributed by atoms with Crippen LogP contribution in [0.25, 0.3) is 12.2 Å². The summed E-state index contributed by atoms with van der Waals surface area (Å²) in [6, 6.07) is 8.55. The van der Waals surface area contributed by atoms with Gasteiger partial charge in [0, 0.05) is 12.5 Å². The molecule has 26 heavy (non-hydrogen) atoms. The molecule has 0 spiro atoms. The number of aliphatic hydroxyl groups is 1. The highest BCUT2D eigenvalue weighted by Gasteiger charge is 2.36. The van der Waals surface area contributed by atoms with Crippen molar-refractivity contribution in [2.24, 2.45) is 10.8 Å². The lowest BCUT2D eigenvalue weighted by atomic mass is 9.71. The van der Waals surface area contributed by atoms with Gasteiger partial charge in [-0.3, -0.25) is 0 Å². The molecule has 2 atom stereocenters. The highest BCUT2D eigenvalue weighted by molar-refractivity contribution is 5.48. The predicted octanol–water partition coefficient (Wildman–Crippen LogP) is 3.61. The van der Waals surface area contributed by atoms with Crippen molar-refractivity contribution in [3.05, 3.63) is 34.7 Å². The molecule has 146 valence electrons. The van der Waals surface area contributed by atoms with E-state index in [1.165, 1.54) is 10.4 Å². The van der Waals surface area contributed by atoms with E-state index in [9.17, 15) is 5.11 Å². The lowest BCUT2D eigenvalue weighted by Crippen LogP contribution is -2.43. The lowest BCUT2D eigenvalue weighted by molar-refractivity contribution is -0.192. The van der Waals surface area contributed by atoms with Crippen LogP contribution in [0.5, 0.6) is 0 Å². The van der Waals surface area contributed by atoms with Crippen LogP contribution in [0.3, 0.4) is 0 Å². The first-order valence-electron chi connectivity index (χ1n) is 9.80. The van der Waals surface area contributed by atoms with E-state index < -0.39 is 5.79 Å². The van der Waals surface area contributed by atoms with E-state index in [0.717, 1.165) is 25.7 Å². The van der Waals surface area contributed by atoms with Gasteiger partial charge in [-0.2, -0.15) is 0 Å². The first kappa shape index (κ1) is 21.1. The number of methoxy groups -OCH3 is 1. The Balaban J connectivity index is 2.09. The molecule has 2 rings (SSSR count). The second-order valence-electron chi connectivity index (χ2n) is 8.94. The number of hydrogen-bond acceptors (Lipinski definition) is 3. The average Bonchev–Trinajstić information content (AvgIpc) is 2.58. The molecule has 3 nitrogen and oxygen atoms in total. The van der Waals surface area contributed by atoms with Crippen LogP contribution in [0, 0.1) is 10.8 Å². The Morgan fingerprint density at radius 2 is 1.77 bits per heavy atom. The second-order valence-corrected chi connectivity index (χ2v) is 8.94. The van der Waals surface area contributed by atoms with Gasteiger partial charge in [0.25, 0.3) is 0 Å². The van der Waals surface area contributed by atoms with Gasteiger partial charge in [-0.15, -0.1) is 0 Å². The Hall–Kier alpha value is -1.16. The summed E-state index contributed by atoms with van der Waals surface area (Å²) in [4.78, 5) is 0. The minimum absolute atomic E-state index is 0.0355. The van der Waals surface area contributed by atoms with Crippen LogP contribution in [-0.2, 0) is 9.47 Å². The molecule has 0 amide bonds. The minimum Gasteiger partial charge on any atom is -0.376 e. The quantitative estimate of drug-likeness (QED) is 0.684. The Morgan fingerprint density at radius 1 is 1.12 bits per heavy atom. The van der Waals surface area contributed by atoms with Crippen molar-refractivity contribution in [2.75, 3.05) is 13.7 Å². The van der Waals surface area contributed by atoms with E-state index in [2.05, 4.69) is 57.2 Å². The molecule has 0 saturated carbocycles. The van der Waals surface area contributed by atoms with E-state index in [0.29, 0.717) is 6.61 Å².